The van der Waals surface area contributed by atoms with Crippen molar-refractivity contribution in [2.75, 3.05) is 17.2 Å². The molecule has 0 radical (unpaired) electrons. The third-order valence-corrected chi connectivity index (χ3v) is 6.54. The molecule has 2 aromatic heterocycles. The number of nitrogens with zero attached hydrogens (tertiary/aromatic N) is 2. The van der Waals surface area contributed by atoms with Gasteiger partial charge in [-0.1, -0.05) is 11.6 Å². The lowest BCUT2D eigenvalue weighted by Crippen LogP contribution is -2.23. The summed E-state index contributed by atoms with van der Waals surface area (Å²) in [4.78, 5) is 46.8. The second-order valence-corrected chi connectivity index (χ2v) is 9.08. The number of halogens is 1. The van der Waals surface area contributed by atoms with Crippen LogP contribution in [0.15, 0.2) is 36.7 Å². The molecule has 2 heterocycles. The maximum atomic E-state index is 13.1. The number of benzene rings is 1. The number of fused-ring (bicyclic) bond motifs is 1. The van der Waals surface area contributed by atoms with Crippen molar-refractivity contribution in [1.29, 1.82) is 0 Å². The highest BCUT2D eigenvalue weighted by atomic mass is 35.5. The summed E-state index contributed by atoms with van der Waals surface area (Å²) in [6.07, 6.45) is 6.38. The Morgan fingerprint density at radius 3 is 2.55 bits per heavy atom. The maximum absolute atomic E-state index is 13.1. The quantitative estimate of drug-likeness (QED) is 0.501. The van der Waals surface area contributed by atoms with Crippen LogP contribution in [-0.4, -0.2) is 34.4 Å². The van der Waals surface area contributed by atoms with E-state index in [1.54, 1.807) is 31.2 Å². The topological polar surface area (TPSA) is 110 Å². The Morgan fingerprint density at radius 1 is 1.06 bits per heavy atom. The van der Waals surface area contributed by atoms with E-state index >= 15 is 0 Å². The van der Waals surface area contributed by atoms with E-state index in [2.05, 4.69) is 20.6 Å². The largest absolute Gasteiger partial charge is 0.451 e. The standard InChI is InChI=1S/C23H21ClN4O4S/c1-13-10-26-17(11-25-13)23(31)32-12-19(29)28-22-20(16-4-2-3-5-18(16)33-22)21(30)27-15-8-6-14(24)7-9-15/h6-11H,2-5,12H2,1H3,(H,27,30)(H,28,29). The van der Waals surface area contributed by atoms with Gasteiger partial charge in [-0.3, -0.25) is 14.6 Å². The summed E-state index contributed by atoms with van der Waals surface area (Å²) in [5, 5.41) is 6.63. The molecule has 1 aliphatic carbocycles. The average Bonchev–Trinajstić information content (AvgIpc) is 3.17. The first-order valence-electron chi connectivity index (χ1n) is 10.4. The second kappa shape index (κ2) is 10.1. The maximum Gasteiger partial charge on any atom is 0.359 e. The van der Waals surface area contributed by atoms with E-state index in [-0.39, 0.29) is 11.6 Å². The molecule has 3 aromatic rings. The van der Waals surface area contributed by atoms with Gasteiger partial charge < -0.3 is 15.4 Å². The molecule has 2 amide bonds. The highest BCUT2D eigenvalue weighted by Crippen LogP contribution is 2.38. The minimum atomic E-state index is -0.746. The van der Waals surface area contributed by atoms with Crippen molar-refractivity contribution in [2.24, 2.45) is 0 Å². The molecule has 0 aliphatic heterocycles. The molecular formula is C23H21ClN4O4S. The zero-order chi connectivity index (χ0) is 23.4. The molecule has 0 saturated carbocycles. The molecule has 33 heavy (non-hydrogen) atoms. The van der Waals surface area contributed by atoms with Crippen LogP contribution in [-0.2, 0) is 22.4 Å². The van der Waals surface area contributed by atoms with Gasteiger partial charge in [0, 0.05) is 21.8 Å². The van der Waals surface area contributed by atoms with Crippen molar-refractivity contribution in [3.63, 3.8) is 0 Å². The number of hydrogen-bond donors (Lipinski definition) is 2. The molecule has 0 atom stereocenters. The zero-order valence-corrected chi connectivity index (χ0v) is 19.4. The molecule has 1 aliphatic rings. The van der Waals surface area contributed by atoms with Crippen LogP contribution in [0.4, 0.5) is 10.7 Å². The molecule has 0 bridgehead atoms. The summed E-state index contributed by atoms with van der Waals surface area (Å²) in [7, 11) is 0. The van der Waals surface area contributed by atoms with Gasteiger partial charge in [0.15, 0.2) is 12.3 Å². The Hall–Kier alpha value is -3.30. The summed E-state index contributed by atoms with van der Waals surface area (Å²) in [5.41, 5.74) is 2.69. The van der Waals surface area contributed by atoms with Gasteiger partial charge in [0.05, 0.1) is 17.5 Å². The van der Waals surface area contributed by atoms with Crippen LogP contribution in [0.1, 0.15) is 49.8 Å². The van der Waals surface area contributed by atoms with Crippen LogP contribution >= 0.6 is 22.9 Å². The Kier molecular flexibility index (Phi) is 7.00. The Labute approximate surface area is 199 Å². The molecular weight excluding hydrogens is 464 g/mol. The number of aryl methyl sites for hydroxylation is 2. The summed E-state index contributed by atoms with van der Waals surface area (Å²) < 4.78 is 5.05. The second-order valence-electron chi connectivity index (χ2n) is 7.54. The monoisotopic (exact) mass is 484 g/mol. The van der Waals surface area contributed by atoms with Crippen molar-refractivity contribution in [3.05, 3.63) is 69.1 Å². The van der Waals surface area contributed by atoms with E-state index in [1.165, 1.54) is 23.7 Å². The number of amides is 2. The number of anilines is 2. The molecule has 1 aromatic carbocycles. The van der Waals surface area contributed by atoms with Gasteiger partial charge in [-0.2, -0.15) is 0 Å². The van der Waals surface area contributed by atoms with Crippen LogP contribution < -0.4 is 10.6 Å². The molecule has 2 N–H and O–H groups in total. The molecule has 170 valence electrons. The van der Waals surface area contributed by atoms with Crippen LogP contribution in [0, 0.1) is 6.92 Å². The number of esters is 1. The lowest BCUT2D eigenvalue weighted by Gasteiger charge is -2.13. The minimum absolute atomic E-state index is 0.0167. The predicted octanol–water partition coefficient (Wildman–Crippen LogP) is 4.43. The lowest BCUT2D eigenvalue weighted by atomic mass is 9.95. The third kappa shape index (κ3) is 5.55. The number of hydrogen-bond acceptors (Lipinski definition) is 7. The fourth-order valence-electron chi connectivity index (χ4n) is 3.49. The lowest BCUT2D eigenvalue weighted by molar-refractivity contribution is -0.119. The molecule has 10 heteroatoms. The van der Waals surface area contributed by atoms with Gasteiger partial charge in [0.25, 0.3) is 11.8 Å². The van der Waals surface area contributed by atoms with Gasteiger partial charge in [-0.15, -0.1) is 11.3 Å². The van der Waals surface area contributed by atoms with Crippen molar-refractivity contribution in [1.82, 2.24) is 9.97 Å². The summed E-state index contributed by atoms with van der Waals surface area (Å²) in [6.45, 7) is 1.24. The Bertz CT molecular complexity index is 1190. The van der Waals surface area contributed by atoms with Crippen LogP contribution in [0.2, 0.25) is 5.02 Å². The van der Waals surface area contributed by atoms with Gasteiger partial charge in [-0.05, 0) is 62.4 Å². The van der Waals surface area contributed by atoms with Crippen molar-refractivity contribution < 1.29 is 19.1 Å². The van der Waals surface area contributed by atoms with E-state index in [1.807, 2.05) is 0 Å². The van der Waals surface area contributed by atoms with E-state index in [0.29, 0.717) is 27.0 Å². The van der Waals surface area contributed by atoms with Gasteiger partial charge in [0.2, 0.25) is 0 Å². The predicted molar refractivity (Wildman–Crippen MR) is 126 cm³/mol. The molecule has 4 rings (SSSR count). The minimum Gasteiger partial charge on any atom is -0.451 e. The smallest absolute Gasteiger partial charge is 0.359 e. The van der Waals surface area contributed by atoms with Crippen LogP contribution in [0.25, 0.3) is 0 Å². The Balaban J connectivity index is 1.47. The van der Waals surface area contributed by atoms with Crippen molar-refractivity contribution in [2.45, 2.75) is 32.6 Å². The molecule has 0 unspecified atom stereocenters. The number of nitrogens with one attached hydrogen (secondary N) is 2. The molecule has 0 spiro atoms. The van der Waals surface area contributed by atoms with Gasteiger partial charge in [0.1, 0.15) is 5.00 Å². The summed E-state index contributed by atoms with van der Waals surface area (Å²) in [6, 6.07) is 6.81. The normalized spacial score (nSPS) is 12.5. The fourth-order valence-corrected chi connectivity index (χ4v) is 4.92. The number of aromatic nitrogens is 2. The van der Waals surface area contributed by atoms with Gasteiger partial charge in [-0.25, -0.2) is 9.78 Å². The van der Waals surface area contributed by atoms with E-state index in [4.69, 9.17) is 16.3 Å². The third-order valence-electron chi connectivity index (χ3n) is 5.08. The number of ether oxygens (including phenoxy) is 1. The number of thiophene rings is 1. The van der Waals surface area contributed by atoms with Crippen LogP contribution in [0.5, 0.6) is 0 Å². The first kappa shape index (κ1) is 22.9. The average molecular weight is 485 g/mol. The molecule has 8 nitrogen and oxygen atoms in total. The highest BCUT2D eigenvalue weighted by Gasteiger charge is 2.27. The SMILES string of the molecule is Cc1cnc(C(=O)OCC(=O)Nc2sc3c(c2C(=O)Nc2ccc(Cl)cc2)CCCC3)cn1. The number of carbonyl (C=O) groups is 3. The van der Waals surface area contributed by atoms with Crippen molar-refractivity contribution >= 4 is 51.4 Å². The zero-order valence-electron chi connectivity index (χ0n) is 17.8. The number of carbonyl (C=O) groups excluding carboxylic acids is 3. The first-order valence-corrected chi connectivity index (χ1v) is 11.6. The Morgan fingerprint density at radius 2 is 1.82 bits per heavy atom. The molecule has 0 fully saturated rings. The summed E-state index contributed by atoms with van der Waals surface area (Å²) >= 11 is 7.31. The highest BCUT2D eigenvalue weighted by molar-refractivity contribution is 7.17. The number of rotatable bonds is 6. The first-order chi connectivity index (χ1) is 15.9. The van der Waals surface area contributed by atoms with Gasteiger partial charge >= 0.3 is 5.97 Å². The van der Waals surface area contributed by atoms with E-state index in [9.17, 15) is 14.4 Å². The van der Waals surface area contributed by atoms with E-state index in [0.717, 1.165) is 36.1 Å². The fraction of sp³-hybridized carbons (Fsp3) is 0.261. The summed E-state index contributed by atoms with van der Waals surface area (Å²) in [5.74, 6) is -1.59. The van der Waals surface area contributed by atoms with Crippen molar-refractivity contribution in [3.8, 4) is 0 Å². The van der Waals surface area contributed by atoms with Crippen LogP contribution in [0.3, 0.4) is 0 Å². The van der Waals surface area contributed by atoms with E-state index < -0.39 is 18.5 Å². The molecule has 0 saturated heterocycles.